The molecule has 0 radical (unpaired) electrons. The first kappa shape index (κ1) is 20.4. The van der Waals surface area contributed by atoms with Crippen LogP contribution in [0.2, 0.25) is 5.02 Å². The molecule has 0 spiro atoms. The van der Waals surface area contributed by atoms with E-state index < -0.39 is 10.0 Å². The number of fused-ring (bicyclic) bond motifs is 1. The number of nitrogens with zero attached hydrogens (tertiary/aromatic N) is 3. The second kappa shape index (κ2) is 8.50. The fraction of sp³-hybridized carbons (Fsp3) is 0.174. The second-order valence-corrected chi connectivity index (χ2v) is 9.30. The van der Waals surface area contributed by atoms with E-state index in [1.54, 1.807) is 54.9 Å². The number of rotatable bonds is 7. The molecule has 0 amide bonds. The third-order valence-corrected chi connectivity index (χ3v) is 7.06. The highest BCUT2D eigenvalue weighted by Gasteiger charge is 2.27. The Labute approximate surface area is 181 Å². The van der Waals surface area contributed by atoms with Gasteiger partial charge in [-0.3, -0.25) is 9.29 Å². The van der Waals surface area contributed by atoms with Crippen molar-refractivity contribution in [2.75, 3.05) is 10.8 Å². The Morgan fingerprint density at radius 3 is 2.63 bits per heavy atom. The van der Waals surface area contributed by atoms with Crippen LogP contribution in [0.4, 0.5) is 5.69 Å². The standard InChI is InChI=1S/C23H22ClN3O2S/c1-2-3-14-27(30(28,29)20-7-5-4-6-8-20)22-10-9-19(24)16-23(22)26-15-12-18-17-25-13-11-21(18)26/h4-13,15-17H,2-3,14H2,1H3. The van der Waals surface area contributed by atoms with Crippen LogP contribution in [0.5, 0.6) is 0 Å². The highest BCUT2D eigenvalue weighted by molar-refractivity contribution is 7.92. The molecule has 0 bridgehead atoms. The molecule has 0 saturated carbocycles. The van der Waals surface area contributed by atoms with Gasteiger partial charge in [-0.2, -0.15) is 0 Å². The molecule has 5 nitrogen and oxygen atoms in total. The molecular formula is C23H22ClN3O2S. The monoisotopic (exact) mass is 439 g/mol. The lowest BCUT2D eigenvalue weighted by Crippen LogP contribution is -2.33. The first-order chi connectivity index (χ1) is 14.5. The molecule has 4 rings (SSSR count). The van der Waals surface area contributed by atoms with Gasteiger partial charge in [0.1, 0.15) is 0 Å². The predicted molar refractivity (Wildman–Crippen MR) is 122 cm³/mol. The molecule has 0 saturated heterocycles. The molecule has 0 N–H and O–H groups in total. The number of pyridine rings is 1. The molecule has 0 atom stereocenters. The zero-order valence-electron chi connectivity index (χ0n) is 16.6. The van der Waals surface area contributed by atoms with Gasteiger partial charge in [0.05, 0.1) is 21.8 Å². The number of halogens is 1. The number of hydrogen-bond donors (Lipinski definition) is 0. The fourth-order valence-corrected chi connectivity index (χ4v) is 5.19. The number of benzene rings is 2. The summed E-state index contributed by atoms with van der Waals surface area (Å²) in [7, 11) is -3.74. The summed E-state index contributed by atoms with van der Waals surface area (Å²) in [6, 6.07) is 17.7. The lowest BCUT2D eigenvalue weighted by atomic mass is 10.2. The van der Waals surface area contributed by atoms with E-state index in [1.807, 2.05) is 35.9 Å². The summed E-state index contributed by atoms with van der Waals surface area (Å²) in [5.74, 6) is 0. The Kier molecular flexibility index (Phi) is 5.79. The molecule has 4 aromatic rings. The van der Waals surface area contributed by atoms with Gasteiger partial charge in [0.25, 0.3) is 10.0 Å². The lowest BCUT2D eigenvalue weighted by molar-refractivity contribution is 0.588. The SMILES string of the molecule is CCCCN(c1ccc(Cl)cc1-n1ccc2cnccc21)S(=O)(=O)c1ccccc1. The first-order valence-electron chi connectivity index (χ1n) is 9.81. The van der Waals surface area contributed by atoms with Crippen LogP contribution in [0.25, 0.3) is 16.6 Å². The van der Waals surface area contributed by atoms with Gasteiger partial charge < -0.3 is 4.57 Å². The molecule has 2 aromatic carbocycles. The van der Waals surface area contributed by atoms with E-state index in [0.717, 1.165) is 23.7 Å². The van der Waals surface area contributed by atoms with E-state index in [0.29, 0.717) is 22.9 Å². The maximum atomic E-state index is 13.6. The van der Waals surface area contributed by atoms with Gasteiger partial charge in [0.2, 0.25) is 0 Å². The topological polar surface area (TPSA) is 55.2 Å². The summed E-state index contributed by atoms with van der Waals surface area (Å²) in [6.07, 6.45) is 7.03. The van der Waals surface area contributed by atoms with Crippen LogP contribution in [0.15, 0.2) is 84.1 Å². The van der Waals surface area contributed by atoms with Crippen LogP contribution in [0.1, 0.15) is 19.8 Å². The minimum Gasteiger partial charge on any atom is -0.314 e. The van der Waals surface area contributed by atoms with Crippen molar-refractivity contribution in [3.63, 3.8) is 0 Å². The quantitative estimate of drug-likeness (QED) is 0.372. The summed E-state index contributed by atoms with van der Waals surface area (Å²) >= 11 is 6.33. The number of aromatic nitrogens is 2. The summed E-state index contributed by atoms with van der Waals surface area (Å²) < 4.78 is 30.6. The number of hydrogen-bond acceptors (Lipinski definition) is 3. The maximum absolute atomic E-state index is 13.6. The molecule has 2 aromatic heterocycles. The molecule has 0 aliphatic heterocycles. The molecule has 0 unspecified atom stereocenters. The van der Waals surface area contributed by atoms with Crippen molar-refractivity contribution >= 4 is 38.2 Å². The van der Waals surface area contributed by atoms with E-state index in [4.69, 9.17) is 11.6 Å². The van der Waals surface area contributed by atoms with Crippen LogP contribution >= 0.6 is 11.6 Å². The highest BCUT2D eigenvalue weighted by Crippen LogP contribution is 2.34. The van der Waals surface area contributed by atoms with Crippen molar-refractivity contribution in [3.8, 4) is 5.69 Å². The van der Waals surface area contributed by atoms with Crippen LogP contribution in [0.3, 0.4) is 0 Å². The van der Waals surface area contributed by atoms with E-state index in [1.165, 1.54) is 4.31 Å². The Morgan fingerprint density at radius 1 is 1.07 bits per heavy atom. The summed E-state index contributed by atoms with van der Waals surface area (Å²) in [4.78, 5) is 4.44. The lowest BCUT2D eigenvalue weighted by Gasteiger charge is -2.27. The van der Waals surface area contributed by atoms with Gasteiger partial charge in [-0.15, -0.1) is 0 Å². The molecule has 30 heavy (non-hydrogen) atoms. The molecule has 0 aliphatic rings. The summed E-state index contributed by atoms with van der Waals surface area (Å²) in [6.45, 7) is 2.42. The largest absolute Gasteiger partial charge is 0.314 e. The normalized spacial score (nSPS) is 11.7. The van der Waals surface area contributed by atoms with Crippen molar-refractivity contribution in [2.24, 2.45) is 0 Å². The Morgan fingerprint density at radius 2 is 1.87 bits per heavy atom. The average Bonchev–Trinajstić information content (AvgIpc) is 3.19. The first-order valence-corrected chi connectivity index (χ1v) is 11.6. The number of sulfonamides is 1. The zero-order chi connectivity index (χ0) is 21.1. The van der Waals surface area contributed by atoms with E-state index in [-0.39, 0.29) is 4.90 Å². The number of unbranched alkanes of at least 4 members (excludes halogenated alkanes) is 1. The molecule has 0 fully saturated rings. The van der Waals surface area contributed by atoms with Crippen LogP contribution in [0, 0.1) is 0 Å². The van der Waals surface area contributed by atoms with E-state index in [2.05, 4.69) is 4.98 Å². The molecule has 154 valence electrons. The smallest absolute Gasteiger partial charge is 0.264 e. The third kappa shape index (κ3) is 3.80. The zero-order valence-corrected chi connectivity index (χ0v) is 18.1. The van der Waals surface area contributed by atoms with Gasteiger partial charge in [-0.05, 0) is 48.9 Å². The maximum Gasteiger partial charge on any atom is 0.264 e. The van der Waals surface area contributed by atoms with Gasteiger partial charge in [0, 0.05) is 35.5 Å². The average molecular weight is 440 g/mol. The van der Waals surface area contributed by atoms with Crippen molar-refractivity contribution in [1.29, 1.82) is 0 Å². The third-order valence-electron chi connectivity index (χ3n) is 5.00. The Bertz CT molecular complexity index is 1270. The molecule has 7 heteroatoms. The highest BCUT2D eigenvalue weighted by atomic mass is 35.5. The van der Waals surface area contributed by atoms with Gasteiger partial charge in [-0.1, -0.05) is 43.1 Å². The van der Waals surface area contributed by atoms with Crippen LogP contribution in [-0.4, -0.2) is 24.5 Å². The molecule has 2 heterocycles. The molecular weight excluding hydrogens is 418 g/mol. The Hall–Kier alpha value is -2.83. The number of anilines is 1. The summed E-state index contributed by atoms with van der Waals surface area (Å²) in [5.41, 5.74) is 2.23. The Balaban J connectivity index is 1.92. The van der Waals surface area contributed by atoms with Crippen molar-refractivity contribution in [3.05, 3.63) is 84.3 Å². The van der Waals surface area contributed by atoms with Crippen molar-refractivity contribution in [1.82, 2.24) is 9.55 Å². The fourth-order valence-electron chi connectivity index (χ4n) is 3.48. The minimum atomic E-state index is -3.74. The van der Waals surface area contributed by atoms with Gasteiger partial charge >= 0.3 is 0 Å². The van der Waals surface area contributed by atoms with Crippen LogP contribution < -0.4 is 4.31 Å². The van der Waals surface area contributed by atoms with Gasteiger partial charge in [-0.25, -0.2) is 8.42 Å². The molecule has 0 aliphatic carbocycles. The van der Waals surface area contributed by atoms with Crippen molar-refractivity contribution in [2.45, 2.75) is 24.7 Å². The van der Waals surface area contributed by atoms with E-state index >= 15 is 0 Å². The van der Waals surface area contributed by atoms with E-state index in [9.17, 15) is 8.42 Å². The van der Waals surface area contributed by atoms with Crippen LogP contribution in [-0.2, 0) is 10.0 Å². The second-order valence-electron chi connectivity index (χ2n) is 7.00. The van der Waals surface area contributed by atoms with Crippen molar-refractivity contribution < 1.29 is 8.42 Å². The predicted octanol–water partition coefficient (Wildman–Crippen LogP) is 5.67. The minimum absolute atomic E-state index is 0.267. The summed E-state index contributed by atoms with van der Waals surface area (Å²) in [5, 5.41) is 1.51. The van der Waals surface area contributed by atoms with Gasteiger partial charge in [0.15, 0.2) is 0 Å².